The third kappa shape index (κ3) is 2.15. The third-order valence-corrected chi connectivity index (χ3v) is 2.89. The highest BCUT2D eigenvalue weighted by Gasteiger charge is 2.24. The van der Waals surface area contributed by atoms with E-state index in [0.717, 1.165) is 13.0 Å². The van der Waals surface area contributed by atoms with Crippen molar-refractivity contribution in [1.29, 1.82) is 0 Å². The van der Waals surface area contributed by atoms with Crippen LogP contribution in [0.1, 0.15) is 37.5 Å². The zero-order chi connectivity index (χ0) is 10.8. The summed E-state index contributed by atoms with van der Waals surface area (Å²) in [5.41, 5.74) is 3.85. The van der Waals surface area contributed by atoms with Crippen molar-refractivity contribution in [2.24, 2.45) is 0 Å². The van der Waals surface area contributed by atoms with E-state index in [4.69, 9.17) is 4.74 Å². The normalized spacial score (nSPS) is 24.5. The molecule has 0 spiro atoms. The summed E-state index contributed by atoms with van der Waals surface area (Å²) in [6.45, 7) is 7.17. The molecule has 0 bridgehead atoms. The Balaban J connectivity index is 2.33. The van der Waals surface area contributed by atoms with Gasteiger partial charge in [0.05, 0.1) is 6.10 Å². The fraction of sp³-hybridized carbons (Fsp3) is 0.538. The second-order valence-electron chi connectivity index (χ2n) is 4.32. The van der Waals surface area contributed by atoms with Crippen LogP contribution < -0.4 is 5.32 Å². The van der Waals surface area contributed by atoms with Crippen molar-refractivity contribution >= 4 is 5.69 Å². The quantitative estimate of drug-likeness (QED) is 0.800. The molecule has 1 aliphatic rings. The summed E-state index contributed by atoms with van der Waals surface area (Å²) in [5, 5.41) is 3.51. The Morgan fingerprint density at radius 2 is 2.27 bits per heavy atom. The highest BCUT2D eigenvalue weighted by molar-refractivity contribution is 5.56. The Kier molecular flexibility index (Phi) is 2.96. The molecule has 0 aromatic heterocycles. The van der Waals surface area contributed by atoms with Gasteiger partial charge in [-0.1, -0.05) is 12.1 Å². The van der Waals surface area contributed by atoms with E-state index in [2.05, 4.69) is 44.3 Å². The lowest BCUT2D eigenvalue weighted by Gasteiger charge is -2.31. The maximum Gasteiger partial charge on any atom is 0.0864 e. The smallest absolute Gasteiger partial charge is 0.0864 e. The van der Waals surface area contributed by atoms with Gasteiger partial charge in [-0.15, -0.1) is 0 Å². The molecule has 1 aromatic carbocycles. The molecule has 0 saturated heterocycles. The van der Waals surface area contributed by atoms with E-state index in [1.807, 2.05) is 0 Å². The minimum Gasteiger partial charge on any atom is -0.382 e. The Morgan fingerprint density at radius 1 is 1.47 bits per heavy atom. The first kappa shape index (κ1) is 10.5. The standard InChI is InChI=1S/C13H19NO/c1-4-15-13-8-10(3)14-12-7-9(2)5-6-11(12)13/h5-7,10,13-14H,4,8H2,1-3H3/t10-,13+/m0/s1. The Bertz CT molecular complexity index is 348. The van der Waals surface area contributed by atoms with Crippen LogP contribution in [0.15, 0.2) is 18.2 Å². The van der Waals surface area contributed by atoms with Gasteiger partial charge in [0.15, 0.2) is 0 Å². The van der Waals surface area contributed by atoms with Crippen molar-refractivity contribution < 1.29 is 4.74 Å². The lowest BCUT2D eigenvalue weighted by atomic mass is 9.95. The Labute approximate surface area is 91.6 Å². The molecule has 0 fully saturated rings. The molecule has 0 radical (unpaired) electrons. The van der Waals surface area contributed by atoms with E-state index in [9.17, 15) is 0 Å². The summed E-state index contributed by atoms with van der Waals surface area (Å²) < 4.78 is 5.78. The van der Waals surface area contributed by atoms with Crippen LogP contribution >= 0.6 is 0 Å². The number of nitrogens with one attached hydrogen (secondary N) is 1. The van der Waals surface area contributed by atoms with Gasteiger partial charge in [0.2, 0.25) is 0 Å². The van der Waals surface area contributed by atoms with E-state index in [-0.39, 0.29) is 6.10 Å². The number of rotatable bonds is 2. The number of hydrogen-bond acceptors (Lipinski definition) is 2. The predicted octanol–water partition coefficient (Wildman–Crippen LogP) is 3.28. The van der Waals surface area contributed by atoms with Gasteiger partial charge in [0.25, 0.3) is 0 Å². The monoisotopic (exact) mass is 205 g/mol. The molecule has 0 amide bonds. The van der Waals surface area contributed by atoms with Crippen LogP contribution in [0.4, 0.5) is 5.69 Å². The summed E-state index contributed by atoms with van der Waals surface area (Å²) in [4.78, 5) is 0. The predicted molar refractivity (Wildman–Crippen MR) is 63.2 cm³/mol. The average Bonchev–Trinajstić information content (AvgIpc) is 2.17. The molecule has 1 aliphatic heterocycles. The van der Waals surface area contributed by atoms with Crippen LogP contribution in [0, 0.1) is 6.92 Å². The highest BCUT2D eigenvalue weighted by Crippen LogP contribution is 2.35. The summed E-state index contributed by atoms with van der Waals surface area (Å²) in [6.07, 6.45) is 1.33. The van der Waals surface area contributed by atoms with Crippen LogP contribution in [0.2, 0.25) is 0 Å². The number of fused-ring (bicyclic) bond motifs is 1. The Morgan fingerprint density at radius 3 is 3.00 bits per heavy atom. The van der Waals surface area contributed by atoms with Crippen LogP contribution in [0.5, 0.6) is 0 Å². The van der Waals surface area contributed by atoms with E-state index in [0.29, 0.717) is 6.04 Å². The fourth-order valence-corrected chi connectivity index (χ4v) is 2.21. The maximum atomic E-state index is 5.78. The average molecular weight is 205 g/mol. The van der Waals surface area contributed by atoms with E-state index in [1.54, 1.807) is 0 Å². The summed E-state index contributed by atoms with van der Waals surface area (Å²) >= 11 is 0. The summed E-state index contributed by atoms with van der Waals surface area (Å²) in [6, 6.07) is 7.04. The van der Waals surface area contributed by atoms with E-state index < -0.39 is 0 Å². The molecule has 1 aromatic rings. The minimum absolute atomic E-state index is 0.266. The van der Waals surface area contributed by atoms with Gasteiger partial charge in [-0.2, -0.15) is 0 Å². The largest absolute Gasteiger partial charge is 0.382 e. The molecule has 0 aliphatic carbocycles. The highest BCUT2D eigenvalue weighted by atomic mass is 16.5. The van der Waals surface area contributed by atoms with Crippen LogP contribution in [-0.2, 0) is 4.74 Å². The van der Waals surface area contributed by atoms with Crippen molar-refractivity contribution in [3.05, 3.63) is 29.3 Å². The molecule has 0 unspecified atom stereocenters. The topological polar surface area (TPSA) is 21.3 Å². The van der Waals surface area contributed by atoms with Gasteiger partial charge in [-0.3, -0.25) is 0 Å². The van der Waals surface area contributed by atoms with Crippen molar-refractivity contribution in [3.63, 3.8) is 0 Å². The first-order valence-electron chi connectivity index (χ1n) is 5.69. The molecule has 2 atom stereocenters. The lowest BCUT2D eigenvalue weighted by Crippen LogP contribution is -2.26. The molecule has 2 nitrogen and oxygen atoms in total. The zero-order valence-corrected chi connectivity index (χ0v) is 9.71. The maximum absolute atomic E-state index is 5.78. The van der Waals surface area contributed by atoms with Crippen molar-refractivity contribution in [1.82, 2.24) is 0 Å². The Hall–Kier alpha value is -1.02. The van der Waals surface area contributed by atoms with Crippen molar-refractivity contribution in [2.45, 2.75) is 39.3 Å². The summed E-state index contributed by atoms with van der Waals surface area (Å²) in [7, 11) is 0. The number of ether oxygens (including phenoxy) is 1. The second-order valence-corrected chi connectivity index (χ2v) is 4.32. The number of benzene rings is 1. The molecular formula is C13H19NO. The minimum atomic E-state index is 0.266. The van der Waals surface area contributed by atoms with Crippen LogP contribution in [0.3, 0.4) is 0 Å². The molecular weight excluding hydrogens is 186 g/mol. The van der Waals surface area contributed by atoms with Gasteiger partial charge in [-0.05, 0) is 38.8 Å². The SMILES string of the molecule is CCO[C@@H]1C[C@H](C)Nc2cc(C)ccc21. The van der Waals surface area contributed by atoms with Crippen molar-refractivity contribution in [2.75, 3.05) is 11.9 Å². The third-order valence-electron chi connectivity index (χ3n) is 2.89. The number of hydrogen-bond donors (Lipinski definition) is 1. The molecule has 15 heavy (non-hydrogen) atoms. The summed E-state index contributed by atoms with van der Waals surface area (Å²) in [5.74, 6) is 0. The van der Waals surface area contributed by atoms with Gasteiger partial charge in [0, 0.05) is 23.9 Å². The van der Waals surface area contributed by atoms with Crippen molar-refractivity contribution in [3.8, 4) is 0 Å². The first-order valence-corrected chi connectivity index (χ1v) is 5.69. The van der Waals surface area contributed by atoms with E-state index >= 15 is 0 Å². The molecule has 82 valence electrons. The molecule has 0 saturated carbocycles. The van der Waals surface area contributed by atoms with Gasteiger partial charge in [0.1, 0.15) is 0 Å². The number of aryl methyl sites for hydroxylation is 1. The molecule has 1 N–H and O–H groups in total. The number of anilines is 1. The van der Waals surface area contributed by atoms with Gasteiger partial charge >= 0.3 is 0 Å². The van der Waals surface area contributed by atoms with Gasteiger partial charge < -0.3 is 10.1 Å². The van der Waals surface area contributed by atoms with E-state index in [1.165, 1.54) is 16.8 Å². The lowest BCUT2D eigenvalue weighted by molar-refractivity contribution is 0.0512. The second kappa shape index (κ2) is 4.23. The van der Waals surface area contributed by atoms with Crippen LogP contribution in [0.25, 0.3) is 0 Å². The fourth-order valence-electron chi connectivity index (χ4n) is 2.21. The van der Waals surface area contributed by atoms with Gasteiger partial charge in [-0.25, -0.2) is 0 Å². The van der Waals surface area contributed by atoms with Crippen LogP contribution in [-0.4, -0.2) is 12.6 Å². The molecule has 2 rings (SSSR count). The first-order chi connectivity index (χ1) is 7.20. The molecule has 1 heterocycles. The zero-order valence-electron chi connectivity index (χ0n) is 9.71. The molecule has 2 heteroatoms.